The Morgan fingerprint density at radius 3 is 2.17 bits per heavy atom. The Hall–Kier alpha value is -3.67. The summed E-state index contributed by atoms with van der Waals surface area (Å²) in [5.41, 5.74) is 1.14. The second kappa shape index (κ2) is 8.56. The number of fused-ring (bicyclic) bond motifs is 1. The molecule has 0 aliphatic carbocycles. The normalized spacial score (nSPS) is 10.4. The molecule has 0 unspecified atom stereocenters. The van der Waals surface area contributed by atoms with E-state index >= 15 is 0 Å². The summed E-state index contributed by atoms with van der Waals surface area (Å²) in [4.78, 5) is 36.4. The van der Waals surface area contributed by atoms with Gasteiger partial charge in [-0.1, -0.05) is 24.3 Å². The number of methoxy groups -OCH3 is 2. The monoisotopic (exact) mass is 392 g/mol. The summed E-state index contributed by atoms with van der Waals surface area (Å²) in [5.74, 6) is -0.732. The molecule has 148 valence electrons. The molecule has 0 aliphatic heterocycles. The summed E-state index contributed by atoms with van der Waals surface area (Å²) >= 11 is 0. The fourth-order valence-electron chi connectivity index (χ4n) is 3.02. The second-order valence-corrected chi connectivity index (χ2v) is 6.42. The molecule has 0 atom stereocenters. The van der Waals surface area contributed by atoms with Gasteiger partial charge in [-0.3, -0.25) is 9.59 Å². The molecule has 0 spiro atoms. The average Bonchev–Trinajstić information content (AvgIpc) is 2.72. The van der Waals surface area contributed by atoms with Crippen molar-refractivity contribution in [3.63, 3.8) is 0 Å². The molecule has 0 bridgehead atoms. The number of ether oxygens (including phenoxy) is 3. The maximum absolute atomic E-state index is 12.6. The van der Waals surface area contributed by atoms with Crippen molar-refractivity contribution >= 4 is 28.5 Å². The molecule has 0 aliphatic rings. The van der Waals surface area contributed by atoms with Crippen molar-refractivity contribution in [3.8, 4) is 11.5 Å². The van der Waals surface area contributed by atoms with Gasteiger partial charge in [0, 0.05) is 11.1 Å². The molecule has 0 aromatic heterocycles. The van der Waals surface area contributed by atoms with Crippen molar-refractivity contribution in [2.24, 2.45) is 0 Å². The van der Waals surface area contributed by atoms with Crippen LogP contribution in [0.1, 0.15) is 33.2 Å². The Balaban J connectivity index is 1.93. The Morgan fingerprint density at radius 1 is 0.862 bits per heavy atom. The average molecular weight is 392 g/mol. The van der Waals surface area contributed by atoms with E-state index in [9.17, 15) is 14.4 Å². The molecular weight excluding hydrogens is 372 g/mol. The van der Waals surface area contributed by atoms with Gasteiger partial charge in [-0.05, 0) is 48.0 Å². The highest BCUT2D eigenvalue weighted by molar-refractivity contribution is 5.99. The van der Waals surface area contributed by atoms with Crippen molar-refractivity contribution in [2.45, 2.75) is 13.3 Å². The third kappa shape index (κ3) is 4.43. The summed E-state index contributed by atoms with van der Waals surface area (Å²) in [5, 5.41) is 1.64. The van der Waals surface area contributed by atoms with Gasteiger partial charge in [0.1, 0.15) is 17.1 Å². The van der Waals surface area contributed by atoms with E-state index in [0.717, 1.165) is 10.8 Å². The van der Waals surface area contributed by atoms with Gasteiger partial charge >= 0.3 is 11.9 Å². The minimum absolute atomic E-state index is 0.113. The zero-order chi connectivity index (χ0) is 21.0. The first-order valence-corrected chi connectivity index (χ1v) is 8.92. The molecule has 29 heavy (non-hydrogen) atoms. The highest BCUT2D eigenvalue weighted by atomic mass is 16.5. The van der Waals surface area contributed by atoms with Crippen LogP contribution in [0.3, 0.4) is 0 Å². The van der Waals surface area contributed by atoms with Gasteiger partial charge in [-0.2, -0.15) is 0 Å². The fourth-order valence-corrected chi connectivity index (χ4v) is 3.02. The number of benzene rings is 3. The van der Waals surface area contributed by atoms with Gasteiger partial charge in [0.25, 0.3) is 0 Å². The Labute approximate surface area is 168 Å². The molecule has 0 N–H and O–H groups in total. The van der Waals surface area contributed by atoms with Crippen LogP contribution in [0.25, 0.3) is 10.8 Å². The first kappa shape index (κ1) is 20.1. The van der Waals surface area contributed by atoms with Crippen LogP contribution < -0.4 is 9.47 Å². The van der Waals surface area contributed by atoms with Crippen LogP contribution in [0.4, 0.5) is 0 Å². The molecule has 6 nitrogen and oxygen atoms in total. The minimum Gasteiger partial charge on any atom is -0.496 e. The van der Waals surface area contributed by atoms with E-state index in [-0.39, 0.29) is 23.5 Å². The molecule has 0 radical (unpaired) electrons. The molecule has 3 rings (SSSR count). The van der Waals surface area contributed by atoms with Gasteiger partial charge in [0.15, 0.2) is 5.78 Å². The van der Waals surface area contributed by atoms with E-state index < -0.39 is 11.9 Å². The molecule has 3 aromatic rings. The van der Waals surface area contributed by atoms with E-state index in [0.29, 0.717) is 16.9 Å². The van der Waals surface area contributed by atoms with Crippen molar-refractivity contribution in [3.05, 3.63) is 71.3 Å². The van der Waals surface area contributed by atoms with Crippen LogP contribution >= 0.6 is 0 Å². The minimum atomic E-state index is -0.602. The lowest BCUT2D eigenvalue weighted by atomic mass is 10.0. The van der Waals surface area contributed by atoms with Crippen LogP contribution in [0.5, 0.6) is 11.5 Å². The lowest BCUT2D eigenvalue weighted by molar-refractivity contribution is -0.133. The molecule has 0 fully saturated rings. The lowest BCUT2D eigenvalue weighted by Crippen LogP contribution is -2.15. The van der Waals surface area contributed by atoms with E-state index in [1.807, 2.05) is 24.3 Å². The number of hydrogen-bond donors (Lipinski definition) is 0. The number of carbonyl (C=O) groups excluding carboxylic acids is 3. The Morgan fingerprint density at radius 2 is 1.55 bits per heavy atom. The molecule has 0 saturated heterocycles. The van der Waals surface area contributed by atoms with Crippen LogP contribution in [0.2, 0.25) is 0 Å². The predicted octanol–water partition coefficient (Wildman–Crippen LogP) is 3.99. The van der Waals surface area contributed by atoms with Crippen molar-refractivity contribution < 1.29 is 28.6 Å². The van der Waals surface area contributed by atoms with Gasteiger partial charge in [0.2, 0.25) is 0 Å². The maximum Gasteiger partial charge on any atom is 0.341 e. The van der Waals surface area contributed by atoms with Gasteiger partial charge in [-0.15, -0.1) is 0 Å². The summed E-state index contributed by atoms with van der Waals surface area (Å²) in [7, 11) is 2.75. The maximum atomic E-state index is 12.6. The lowest BCUT2D eigenvalue weighted by Gasteiger charge is -2.12. The Kier molecular flexibility index (Phi) is 5.93. The van der Waals surface area contributed by atoms with Crippen molar-refractivity contribution in [1.82, 2.24) is 0 Å². The molecule has 0 amide bonds. The largest absolute Gasteiger partial charge is 0.496 e. The van der Waals surface area contributed by atoms with Crippen LogP contribution in [-0.4, -0.2) is 31.9 Å². The number of Topliss-reactive ketones (excluding diaryl/α,β-unsaturated/α-hetero) is 1. The number of rotatable bonds is 6. The first-order valence-electron chi connectivity index (χ1n) is 8.92. The smallest absolute Gasteiger partial charge is 0.341 e. The van der Waals surface area contributed by atoms with E-state index in [4.69, 9.17) is 14.2 Å². The zero-order valence-electron chi connectivity index (χ0n) is 16.4. The second-order valence-electron chi connectivity index (χ2n) is 6.42. The number of esters is 2. The zero-order valence-corrected chi connectivity index (χ0v) is 16.4. The van der Waals surface area contributed by atoms with Gasteiger partial charge in [-0.25, -0.2) is 4.79 Å². The van der Waals surface area contributed by atoms with Crippen molar-refractivity contribution in [1.29, 1.82) is 0 Å². The molecular formula is C23H20O6. The SMILES string of the molecule is COC(=O)c1cc2ccccc2cc1OC(=O)Cc1cc(C(C)=O)ccc1OC. The van der Waals surface area contributed by atoms with Gasteiger partial charge in [0.05, 0.1) is 20.6 Å². The van der Waals surface area contributed by atoms with Crippen LogP contribution in [-0.2, 0) is 16.0 Å². The first-order chi connectivity index (χ1) is 13.9. The third-order valence-corrected chi connectivity index (χ3v) is 4.50. The van der Waals surface area contributed by atoms with E-state index in [1.54, 1.807) is 30.3 Å². The number of carbonyl (C=O) groups is 3. The van der Waals surface area contributed by atoms with Crippen LogP contribution in [0, 0.1) is 0 Å². The fraction of sp³-hybridized carbons (Fsp3) is 0.174. The summed E-state index contributed by atoms with van der Waals surface area (Å²) < 4.78 is 15.6. The number of hydrogen-bond acceptors (Lipinski definition) is 6. The molecule has 0 saturated carbocycles. The van der Waals surface area contributed by atoms with Crippen molar-refractivity contribution in [2.75, 3.05) is 14.2 Å². The van der Waals surface area contributed by atoms with E-state index in [1.165, 1.54) is 21.1 Å². The summed E-state index contributed by atoms with van der Waals surface area (Å²) in [6.45, 7) is 1.45. The number of ketones is 1. The van der Waals surface area contributed by atoms with E-state index in [2.05, 4.69) is 0 Å². The Bertz CT molecular complexity index is 1100. The predicted molar refractivity (Wildman–Crippen MR) is 108 cm³/mol. The quantitative estimate of drug-likeness (QED) is 0.359. The highest BCUT2D eigenvalue weighted by Crippen LogP contribution is 2.28. The summed E-state index contributed by atoms with van der Waals surface area (Å²) in [6, 6.07) is 15.5. The molecule has 0 heterocycles. The topological polar surface area (TPSA) is 78.9 Å². The highest BCUT2D eigenvalue weighted by Gasteiger charge is 2.19. The standard InChI is InChI=1S/C23H20O6/c1-14(24)15-8-9-20(27-2)18(10-15)13-22(25)29-21-12-17-7-5-4-6-16(17)11-19(21)23(26)28-3/h4-12H,13H2,1-3H3. The van der Waals surface area contributed by atoms with Crippen LogP contribution in [0.15, 0.2) is 54.6 Å². The third-order valence-electron chi connectivity index (χ3n) is 4.50. The molecule has 3 aromatic carbocycles. The summed E-state index contributed by atoms with van der Waals surface area (Å²) in [6.07, 6.45) is -0.127. The van der Waals surface area contributed by atoms with Gasteiger partial charge < -0.3 is 14.2 Å². The molecule has 6 heteroatoms.